The van der Waals surface area contributed by atoms with E-state index in [1.807, 2.05) is 0 Å². The molecule has 0 fully saturated rings. The zero-order valence-corrected chi connectivity index (χ0v) is 94.4. The molecule has 0 aliphatic carbocycles. The highest BCUT2D eigenvalue weighted by Gasteiger charge is 2.08. The fraction of sp³-hybridized carbons (Fsp3) is 0.956. The highest BCUT2D eigenvalue weighted by Crippen LogP contribution is 2.22. The third-order valence-electron chi connectivity index (χ3n) is 18.6. The molecule has 0 aliphatic rings. The highest BCUT2D eigenvalue weighted by atomic mass is 32.2. The lowest BCUT2D eigenvalue weighted by molar-refractivity contribution is -0.138. The fourth-order valence-electron chi connectivity index (χ4n) is 11.3. The van der Waals surface area contributed by atoms with Crippen molar-refractivity contribution in [3.8, 4) is 0 Å². The molecule has 732 valence electrons. The van der Waals surface area contributed by atoms with Gasteiger partial charge in [-0.1, -0.05) is 337 Å². The number of rotatable bonds is 74. The molecule has 0 aliphatic heterocycles. The molecule has 0 rings (SSSR count). The SMILES string of the molecule is CCCCCC(N)CCCCC(S)S.CCCCCC(N)CCCCC(S)S.CCCCCC(S)S.CCCCCC(S)S.CCCCCCCCCCC(S)S.CCCCCCCCCCC(S)S.O=C(O)CCCCC(S)S.O=C(O)CCCCC(S)S.O=C(O)CCCCCCCCCC(S)S.O=C(O)CCCCCCCCCC(S)S. The summed E-state index contributed by atoms with van der Waals surface area (Å²) in [5.74, 6) is -2.81. The fourth-order valence-corrected chi connectivity index (χ4v) is 15.0. The Labute approximate surface area is 854 Å². The van der Waals surface area contributed by atoms with Crippen LogP contribution in [0.2, 0.25) is 0 Å². The summed E-state index contributed by atoms with van der Waals surface area (Å²) in [4.78, 5) is 40.5. The number of hydrogen-bond donors (Lipinski definition) is 26. The summed E-state index contributed by atoms with van der Waals surface area (Å²) in [5, 5.41) is 33.3. The number of carboxylic acids is 4. The van der Waals surface area contributed by atoms with Crippen LogP contribution < -0.4 is 11.5 Å². The number of thiol groups is 20. The van der Waals surface area contributed by atoms with Crippen molar-refractivity contribution >= 4 is 276 Å². The van der Waals surface area contributed by atoms with E-state index in [0.717, 1.165) is 128 Å². The molecule has 8 N–H and O–H groups in total. The molecular weight excluding hydrogens is 1880 g/mol. The molecule has 2 unspecified atom stereocenters. The molecular formula is C90H194N2O8S20. The summed E-state index contributed by atoms with van der Waals surface area (Å²) in [6.07, 6.45) is 78.3. The van der Waals surface area contributed by atoms with Crippen molar-refractivity contribution in [1.29, 1.82) is 0 Å². The highest BCUT2D eigenvalue weighted by molar-refractivity contribution is 8.01. The first-order chi connectivity index (χ1) is 56.9. The largest absolute Gasteiger partial charge is 0.481 e. The van der Waals surface area contributed by atoms with Gasteiger partial charge in [-0.2, -0.15) is 253 Å². The molecule has 0 aromatic carbocycles. The monoisotopic (exact) mass is 2070 g/mol. The van der Waals surface area contributed by atoms with Crippen molar-refractivity contribution in [2.24, 2.45) is 11.5 Å². The quantitative estimate of drug-likeness (QED) is 0.0158. The Balaban J connectivity index is -0.000000141. The molecule has 0 amide bonds. The molecule has 0 radical (unpaired) electrons. The maximum atomic E-state index is 10.2. The lowest BCUT2D eigenvalue weighted by Gasteiger charge is -2.11. The van der Waals surface area contributed by atoms with Gasteiger partial charge < -0.3 is 31.9 Å². The van der Waals surface area contributed by atoms with E-state index in [2.05, 4.69) is 294 Å². The Morgan fingerprint density at radius 1 is 0.167 bits per heavy atom. The van der Waals surface area contributed by atoms with Crippen LogP contribution in [0.15, 0.2) is 0 Å². The molecule has 0 saturated heterocycles. The first-order valence-corrected chi connectivity index (χ1v) is 57.2. The van der Waals surface area contributed by atoms with Crippen LogP contribution in [0.4, 0.5) is 0 Å². The van der Waals surface area contributed by atoms with E-state index < -0.39 is 23.9 Å². The van der Waals surface area contributed by atoms with Crippen LogP contribution in [0.1, 0.15) is 478 Å². The Bertz CT molecular complexity index is 1760. The number of carboxylic acid groups (broad SMARTS) is 4. The minimum atomic E-state index is -0.727. The zero-order valence-electron chi connectivity index (χ0n) is 76.5. The maximum Gasteiger partial charge on any atom is 0.303 e. The summed E-state index contributed by atoms with van der Waals surface area (Å²) >= 11 is 83.3. The van der Waals surface area contributed by atoms with Gasteiger partial charge in [0.25, 0.3) is 0 Å². The second-order valence-corrected chi connectivity index (χ2v) is 48.0. The third kappa shape index (κ3) is 194. The van der Waals surface area contributed by atoms with Crippen LogP contribution in [0.5, 0.6) is 0 Å². The van der Waals surface area contributed by atoms with Gasteiger partial charge in [0.05, 0.1) is 0 Å². The first kappa shape index (κ1) is 145. The van der Waals surface area contributed by atoms with Gasteiger partial charge in [-0.05, 0) is 116 Å². The van der Waals surface area contributed by atoms with Crippen molar-refractivity contribution in [3.05, 3.63) is 0 Å². The van der Waals surface area contributed by atoms with Gasteiger partial charge in [-0.15, -0.1) is 0 Å². The lowest BCUT2D eigenvalue weighted by Crippen LogP contribution is -2.19. The first-order valence-electron chi connectivity index (χ1n) is 46.9. The van der Waals surface area contributed by atoms with Crippen LogP contribution in [-0.2, 0) is 19.2 Å². The average Bonchev–Trinajstić information content (AvgIpc) is 1.05. The van der Waals surface area contributed by atoms with Crippen molar-refractivity contribution in [3.63, 3.8) is 0 Å². The maximum absolute atomic E-state index is 10.2. The van der Waals surface area contributed by atoms with Crippen molar-refractivity contribution < 1.29 is 39.6 Å². The van der Waals surface area contributed by atoms with E-state index in [1.54, 1.807) is 0 Å². The predicted molar refractivity (Wildman–Crippen MR) is 612 cm³/mol. The van der Waals surface area contributed by atoms with E-state index in [1.165, 1.54) is 283 Å². The normalized spacial score (nSPS) is 11.4. The summed E-state index contributed by atoms with van der Waals surface area (Å²) in [6, 6.07) is 0.833. The molecule has 0 spiro atoms. The smallest absolute Gasteiger partial charge is 0.303 e. The van der Waals surface area contributed by atoms with E-state index in [9.17, 15) is 19.2 Å². The van der Waals surface area contributed by atoms with Gasteiger partial charge in [-0.3, -0.25) is 19.2 Å². The minimum Gasteiger partial charge on any atom is -0.481 e. The summed E-state index contributed by atoms with van der Waals surface area (Å²) in [7, 11) is 0. The van der Waals surface area contributed by atoms with Gasteiger partial charge in [0.2, 0.25) is 0 Å². The summed E-state index contributed by atoms with van der Waals surface area (Å²) in [5.41, 5.74) is 12.0. The molecule has 10 nitrogen and oxygen atoms in total. The standard InChI is InChI=1S/2C11H25NS2.2C11H22O2S2.2C11H24S2.2C6H12O2S2.2C6H14S2/c2*1-2-3-4-7-10(12)8-5-6-9-11(13)14;2*12-10(13)8-6-4-2-1-3-5-7-9-11(14)15;2*1-2-3-4-5-6-7-8-9-10-11(12)13;2*7-5(8)3-1-2-4-6(9)10;2*1-2-3-4-5-6(7)8/h2*10-11,13-14H,2-9,12H2,1H3;2*11,14-15H,1-9H2,(H,12,13);2*11-13H,2-10H2,1H3;2*6,9-10H,1-4H2,(H,7,8);2*6-8H,2-5H2,1H3. The van der Waals surface area contributed by atoms with Crippen molar-refractivity contribution in [2.75, 3.05) is 0 Å². The van der Waals surface area contributed by atoms with Crippen LogP contribution in [-0.4, -0.2) is 102 Å². The van der Waals surface area contributed by atoms with Gasteiger partial charge in [0.15, 0.2) is 0 Å². The third-order valence-corrected chi connectivity index (χ3v) is 23.8. The van der Waals surface area contributed by atoms with Crippen LogP contribution in [0.25, 0.3) is 0 Å². The van der Waals surface area contributed by atoms with Crippen molar-refractivity contribution in [1.82, 2.24) is 0 Å². The van der Waals surface area contributed by atoms with Crippen LogP contribution >= 0.6 is 253 Å². The zero-order chi connectivity index (χ0) is 93.3. The van der Waals surface area contributed by atoms with Gasteiger partial charge in [-0.25, -0.2) is 0 Å². The molecule has 0 aromatic heterocycles. The number of nitrogens with two attached hydrogens (primary N) is 2. The Morgan fingerprint density at radius 3 is 0.408 bits per heavy atom. The molecule has 0 bridgehead atoms. The molecule has 0 saturated carbocycles. The Hall–Kier alpha value is 4.80. The summed E-state index contributed by atoms with van der Waals surface area (Å²) < 4.78 is 2.28. The number of aliphatic carboxylic acids is 4. The molecule has 30 heteroatoms. The average molecular weight is 2070 g/mol. The van der Waals surface area contributed by atoms with Gasteiger partial charge in [0, 0.05) is 83.6 Å². The second kappa shape index (κ2) is 128. The van der Waals surface area contributed by atoms with E-state index >= 15 is 0 Å². The number of hydrogen-bond acceptors (Lipinski definition) is 26. The van der Waals surface area contributed by atoms with E-state index in [0.29, 0.717) is 43.3 Å². The molecule has 120 heavy (non-hydrogen) atoms. The van der Waals surface area contributed by atoms with Crippen LogP contribution in [0, 0.1) is 0 Å². The molecule has 0 heterocycles. The topological polar surface area (TPSA) is 201 Å². The summed E-state index contributed by atoms with van der Waals surface area (Å²) in [6.45, 7) is 13.4. The van der Waals surface area contributed by atoms with E-state index in [4.69, 9.17) is 31.9 Å². The number of unbranched alkanes of at least 4 members (excludes halogenated alkanes) is 38. The second-order valence-electron chi connectivity index (χ2n) is 31.5. The Morgan fingerprint density at radius 2 is 0.258 bits per heavy atom. The van der Waals surface area contributed by atoms with Crippen LogP contribution in [0.3, 0.4) is 0 Å². The molecule has 0 aromatic rings. The lowest BCUT2D eigenvalue weighted by atomic mass is 10.0. The molecule has 2 atom stereocenters. The Kier molecular flexibility index (Phi) is 155. The minimum absolute atomic E-state index is 0.0915. The number of carbonyl (C=O) groups is 4. The van der Waals surface area contributed by atoms with Gasteiger partial charge >= 0.3 is 23.9 Å². The van der Waals surface area contributed by atoms with Gasteiger partial charge in [0.1, 0.15) is 0 Å². The van der Waals surface area contributed by atoms with Crippen molar-refractivity contribution in [2.45, 2.75) is 536 Å². The predicted octanol–water partition coefficient (Wildman–Crippen LogP) is 33.4. The van der Waals surface area contributed by atoms with E-state index in [-0.39, 0.29) is 40.3 Å².